The van der Waals surface area contributed by atoms with Crippen LogP contribution >= 0.6 is 0 Å². The Morgan fingerprint density at radius 2 is 1.86 bits per heavy atom. The van der Waals surface area contributed by atoms with Gasteiger partial charge in [0, 0.05) is 44.6 Å². The van der Waals surface area contributed by atoms with Crippen LogP contribution in [0, 0.1) is 0 Å². The SMILES string of the molecule is CC1(c2ccccc2)CCC(=O)N(CCN2CCOCC2)C1. The Labute approximate surface area is 133 Å². The molecule has 22 heavy (non-hydrogen) atoms. The van der Waals surface area contributed by atoms with Crippen molar-refractivity contribution in [2.75, 3.05) is 45.9 Å². The topological polar surface area (TPSA) is 32.8 Å². The minimum absolute atomic E-state index is 0.0835. The summed E-state index contributed by atoms with van der Waals surface area (Å²) in [5.41, 5.74) is 1.43. The summed E-state index contributed by atoms with van der Waals surface area (Å²) in [6, 6.07) is 10.6. The normalized spacial score (nSPS) is 27.1. The molecule has 2 aliphatic heterocycles. The molecule has 1 amide bonds. The molecule has 3 rings (SSSR count). The van der Waals surface area contributed by atoms with E-state index >= 15 is 0 Å². The van der Waals surface area contributed by atoms with Crippen molar-refractivity contribution in [3.63, 3.8) is 0 Å². The molecule has 1 aromatic rings. The van der Waals surface area contributed by atoms with Gasteiger partial charge in [-0.15, -0.1) is 0 Å². The van der Waals surface area contributed by atoms with Crippen LogP contribution in [0.4, 0.5) is 0 Å². The van der Waals surface area contributed by atoms with E-state index in [4.69, 9.17) is 4.74 Å². The van der Waals surface area contributed by atoms with Crippen molar-refractivity contribution in [1.82, 2.24) is 9.80 Å². The van der Waals surface area contributed by atoms with Gasteiger partial charge in [0.25, 0.3) is 0 Å². The Morgan fingerprint density at radius 1 is 1.14 bits per heavy atom. The molecule has 1 aromatic carbocycles. The van der Waals surface area contributed by atoms with Gasteiger partial charge < -0.3 is 9.64 Å². The summed E-state index contributed by atoms with van der Waals surface area (Å²) in [6.07, 6.45) is 1.61. The van der Waals surface area contributed by atoms with Gasteiger partial charge in [-0.2, -0.15) is 0 Å². The van der Waals surface area contributed by atoms with Crippen LogP contribution in [0.25, 0.3) is 0 Å². The number of ether oxygens (including phenoxy) is 1. The number of carbonyl (C=O) groups excluding carboxylic acids is 1. The van der Waals surface area contributed by atoms with Gasteiger partial charge in [-0.3, -0.25) is 9.69 Å². The van der Waals surface area contributed by atoms with Crippen LogP contribution in [0.3, 0.4) is 0 Å². The van der Waals surface area contributed by atoms with Gasteiger partial charge in [0.15, 0.2) is 0 Å². The summed E-state index contributed by atoms with van der Waals surface area (Å²) in [6.45, 7) is 8.51. The molecule has 2 aliphatic rings. The lowest BCUT2D eigenvalue weighted by Gasteiger charge is -2.41. The number of piperidine rings is 1. The first-order valence-corrected chi connectivity index (χ1v) is 8.31. The molecule has 2 saturated heterocycles. The Balaban J connectivity index is 1.62. The molecule has 0 radical (unpaired) electrons. The van der Waals surface area contributed by atoms with Crippen LogP contribution in [-0.4, -0.2) is 61.6 Å². The first kappa shape index (κ1) is 15.5. The summed E-state index contributed by atoms with van der Waals surface area (Å²) in [7, 11) is 0. The summed E-state index contributed by atoms with van der Waals surface area (Å²) >= 11 is 0. The van der Waals surface area contributed by atoms with Gasteiger partial charge in [0.2, 0.25) is 5.91 Å². The van der Waals surface area contributed by atoms with E-state index in [-0.39, 0.29) is 5.41 Å². The predicted molar refractivity (Wildman–Crippen MR) is 86.9 cm³/mol. The second-order valence-corrected chi connectivity index (χ2v) is 6.70. The standard InChI is InChI=1S/C18H26N2O2/c1-18(16-5-3-2-4-6-16)8-7-17(21)20(15-18)10-9-19-11-13-22-14-12-19/h2-6H,7-15H2,1H3. The van der Waals surface area contributed by atoms with Crippen molar-refractivity contribution in [2.45, 2.75) is 25.2 Å². The molecule has 2 fully saturated rings. The number of rotatable bonds is 4. The smallest absolute Gasteiger partial charge is 0.222 e. The average molecular weight is 302 g/mol. The molecule has 0 N–H and O–H groups in total. The fraction of sp³-hybridized carbons (Fsp3) is 0.611. The van der Waals surface area contributed by atoms with E-state index in [0.717, 1.165) is 52.4 Å². The lowest BCUT2D eigenvalue weighted by atomic mass is 9.76. The fourth-order valence-corrected chi connectivity index (χ4v) is 3.50. The van der Waals surface area contributed by atoms with Crippen LogP contribution in [0.15, 0.2) is 30.3 Å². The zero-order valence-corrected chi connectivity index (χ0v) is 13.5. The maximum Gasteiger partial charge on any atom is 0.222 e. The maximum absolute atomic E-state index is 12.3. The van der Waals surface area contributed by atoms with Gasteiger partial charge in [0.05, 0.1) is 13.2 Å². The molecule has 1 atom stereocenters. The molecule has 4 heteroatoms. The zero-order chi connectivity index (χ0) is 15.4. The Hall–Kier alpha value is -1.39. The number of carbonyl (C=O) groups is 1. The van der Waals surface area contributed by atoms with Crippen LogP contribution in [0.5, 0.6) is 0 Å². The van der Waals surface area contributed by atoms with Gasteiger partial charge in [-0.25, -0.2) is 0 Å². The lowest BCUT2D eigenvalue weighted by Crippen LogP contribution is -2.50. The molecule has 120 valence electrons. The van der Waals surface area contributed by atoms with E-state index < -0.39 is 0 Å². The Bertz CT molecular complexity index is 499. The highest BCUT2D eigenvalue weighted by molar-refractivity contribution is 5.77. The average Bonchev–Trinajstić information content (AvgIpc) is 2.58. The number of hydrogen-bond acceptors (Lipinski definition) is 3. The third-order valence-corrected chi connectivity index (χ3v) is 5.04. The molecular weight excluding hydrogens is 276 g/mol. The van der Waals surface area contributed by atoms with Crippen molar-refractivity contribution in [3.05, 3.63) is 35.9 Å². The van der Waals surface area contributed by atoms with Crippen LogP contribution in [-0.2, 0) is 14.9 Å². The predicted octanol–water partition coefficient (Wildman–Crippen LogP) is 1.90. The molecule has 4 nitrogen and oxygen atoms in total. The lowest BCUT2D eigenvalue weighted by molar-refractivity contribution is -0.135. The third kappa shape index (κ3) is 3.50. The van der Waals surface area contributed by atoms with Crippen molar-refractivity contribution < 1.29 is 9.53 Å². The first-order chi connectivity index (χ1) is 10.7. The molecule has 0 saturated carbocycles. The fourth-order valence-electron chi connectivity index (χ4n) is 3.50. The van der Waals surface area contributed by atoms with Gasteiger partial charge in [-0.1, -0.05) is 37.3 Å². The van der Waals surface area contributed by atoms with Gasteiger partial charge >= 0.3 is 0 Å². The highest BCUT2D eigenvalue weighted by Crippen LogP contribution is 2.33. The first-order valence-electron chi connectivity index (χ1n) is 8.31. The van der Waals surface area contributed by atoms with E-state index in [0.29, 0.717) is 12.3 Å². The number of likely N-dealkylation sites (tertiary alicyclic amines) is 1. The number of hydrogen-bond donors (Lipinski definition) is 0. The minimum Gasteiger partial charge on any atom is -0.379 e. The van der Waals surface area contributed by atoms with Crippen molar-refractivity contribution in [3.8, 4) is 0 Å². The summed E-state index contributed by atoms with van der Waals surface area (Å²) in [4.78, 5) is 16.7. The Kier molecular flexibility index (Phi) is 4.79. The van der Waals surface area contributed by atoms with E-state index in [2.05, 4.69) is 47.1 Å². The largest absolute Gasteiger partial charge is 0.379 e. The summed E-state index contributed by atoms with van der Waals surface area (Å²) in [5.74, 6) is 0.307. The second kappa shape index (κ2) is 6.80. The molecular formula is C18H26N2O2. The quantitative estimate of drug-likeness (QED) is 0.851. The number of morpholine rings is 1. The number of benzene rings is 1. The third-order valence-electron chi connectivity index (χ3n) is 5.04. The van der Waals surface area contributed by atoms with Gasteiger partial charge in [-0.05, 0) is 12.0 Å². The Morgan fingerprint density at radius 3 is 2.59 bits per heavy atom. The monoisotopic (exact) mass is 302 g/mol. The van der Waals surface area contributed by atoms with Crippen molar-refractivity contribution in [2.24, 2.45) is 0 Å². The van der Waals surface area contributed by atoms with E-state index in [9.17, 15) is 4.79 Å². The minimum atomic E-state index is 0.0835. The molecule has 1 unspecified atom stereocenters. The molecule has 0 spiro atoms. The zero-order valence-electron chi connectivity index (χ0n) is 13.5. The molecule has 0 aromatic heterocycles. The second-order valence-electron chi connectivity index (χ2n) is 6.70. The summed E-state index contributed by atoms with van der Waals surface area (Å²) < 4.78 is 5.38. The van der Waals surface area contributed by atoms with E-state index in [1.54, 1.807) is 0 Å². The highest BCUT2D eigenvalue weighted by atomic mass is 16.5. The van der Waals surface area contributed by atoms with Gasteiger partial charge in [0.1, 0.15) is 0 Å². The van der Waals surface area contributed by atoms with E-state index in [1.165, 1.54) is 5.56 Å². The van der Waals surface area contributed by atoms with Crippen LogP contribution in [0.1, 0.15) is 25.3 Å². The van der Waals surface area contributed by atoms with Crippen LogP contribution < -0.4 is 0 Å². The molecule has 0 aliphatic carbocycles. The van der Waals surface area contributed by atoms with Crippen molar-refractivity contribution in [1.29, 1.82) is 0 Å². The van der Waals surface area contributed by atoms with Crippen LogP contribution in [0.2, 0.25) is 0 Å². The number of amides is 1. The highest BCUT2D eigenvalue weighted by Gasteiger charge is 2.36. The summed E-state index contributed by atoms with van der Waals surface area (Å²) in [5, 5.41) is 0. The molecule has 0 bridgehead atoms. The molecule has 2 heterocycles. The maximum atomic E-state index is 12.3. The number of nitrogens with zero attached hydrogens (tertiary/aromatic N) is 2. The van der Waals surface area contributed by atoms with Crippen molar-refractivity contribution >= 4 is 5.91 Å². The van der Waals surface area contributed by atoms with E-state index in [1.807, 2.05) is 0 Å².